The van der Waals surface area contributed by atoms with Gasteiger partial charge >= 0.3 is 0 Å². The monoisotopic (exact) mass is 158 g/mol. The number of hydrogen-bond acceptors (Lipinski definition) is 3. The van der Waals surface area contributed by atoms with Gasteiger partial charge in [0, 0.05) is 0 Å². The third-order valence-electron chi connectivity index (χ3n) is 1.44. The third-order valence-corrected chi connectivity index (χ3v) is 1.44. The number of rotatable bonds is 4. The van der Waals surface area contributed by atoms with Crippen molar-refractivity contribution in [2.45, 2.75) is 19.3 Å². The lowest BCUT2D eigenvalue weighted by Gasteiger charge is -2.07. The van der Waals surface area contributed by atoms with E-state index in [-0.39, 0.29) is 12.4 Å². The largest absolute Gasteiger partial charge is 0.375 e. The van der Waals surface area contributed by atoms with Crippen molar-refractivity contribution in [2.24, 2.45) is 0 Å². The molecule has 0 amide bonds. The molecule has 0 N–H and O–H groups in total. The first-order chi connectivity index (χ1) is 5.33. The van der Waals surface area contributed by atoms with Crippen LogP contribution in [0.2, 0.25) is 0 Å². The second kappa shape index (κ2) is 4.49. The van der Waals surface area contributed by atoms with E-state index in [1.165, 1.54) is 0 Å². The van der Waals surface area contributed by atoms with E-state index >= 15 is 0 Å². The van der Waals surface area contributed by atoms with E-state index in [0.717, 1.165) is 0 Å². The van der Waals surface area contributed by atoms with E-state index in [2.05, 4.69) is 6.58 Å². The van der Waals surface area contributed by atoms with Crippen molar-refractivity contribution in [2.75, 3.05) is 19.8 Å². The summed E-state index contributed by atoms with van der Waals surface area (Å²) in [6, 6.07) is 0. The second-order valence-corrected chi connectivity index (χ2v) is 2.49. The van der Waals surface area contributed by atoms with E-state index < -0.39 is 0 Å². The molecule has 1 aliphatic heterocycles. The summed E-state index contributed by atoms with van der Waals surface area (Å²) in [4.78, 5) is 0. The van der Waals surface area contributed by atoms with Gasteiger partial charge in [0.25, 0.3) is 0 Å². The molecule has 2 atom stereocenters. The predicted molar refractivity (Wildman–Crippen MR) is 41.3 cm³/mol. The fourth-order valence-electron chi connectivity index (χ4n) is 0.963. The molecule has 0 spiro atoms. The minimum Gasteiger partial charge on any atom is -0.375 e. The van der Waals surface area contributed by atoms with Crippen LogP contribution in [0.25, 0.3) is 0 Å². The van der Waals surface area contributed by atoms with Crippen molar-refractivity contribution in [3.63, 3.8) is 0 Å². The van der Waals surface area contributed by atoms with Crippen LogP contribution in [0.3, 0.4) is 0 Å². The Kier molecular flexibility index (Phi) is 3.56. The maximum absolute atomic E-state index is 5.33. The van der Waals surface area contributed by atoms with Crippen LogP contribution >= 0.6 is 0 Å². The summed E-state index contributed by atoms with van der Waals surface area (Å²) in [7, 11) is 0. The lowest BCUT2D eigenvalue weighted by Crippen LogP contribution is -2.18. The average Bonchev–Trinajstić information content (AvgIpc) is 2.37. The van der Waals surface area contributed by atoms with Crippen molar-refractivity contribution < 1.29 is 14.2 Å². The van der Waals surface area contributed by atoms with E-state index in [1.54, 1.807) is 6.08 Å². The second-order valence-electron chi connectivity index (χ2n) is 2.49. The van der Waals surface area contributed by atoms with E-state index in [4.69, 9.17) is 14.2 Å². The Morgan fingerprint density at radius 3 is 3.09 bits per heavy atom. The molecule has 1 unspecified atom stereocenters. The fraction of sp³-hybridized carbons (Fsp3) is 0.750. The van der Waals surface area contributed by atoms with E-state index in [9.17, 15) is 0 Å². The van der Waals surface area contributed by atoms with Gasteiger partial charge < -0.3 is 14.2 Å². The Labute approximate surface area is 66.9 Å². The van der Waals surface area contributed by atoms with Crippen LogP contribution in [-0.2, 0) is 14.2 Å². The molecule has 0 saturated carbocycles. The molecule has 0 bridgehead atoms. The first-order valence-electron chi connectivity index (χ1n) is 3.78. The average molecular weight is 158 g/mol. The van der Waals surface area contributed by atoms with Gasteiger partial charge in [0.1, 0.15) is 6.10 Å². The Bertz CT molecular complexity index is 125. The van der Waals surface area contributed by atoms with Crippen LogP contribution in [-0.4, -0.2) is 32.2 Å². The molecule has 1 rings (SSSR count). The molecule has 0 aromatic carbocycles. The zero-order chi connectivity index (χ0) is 8.10. The smallest absolute Gasteiger partial charge is 0.155 e. The molecular formula is C8H14O3. The summed E-state index contributed by atoms with van der Waals surface area (Å²) < 4.78 is 15.7. The number of ether oxygens (including phenoxy) is 3. The lowest BCUT2D eigenvalue weighted by molar-refractivity contribution is -0.0562. The molecule has 0 radical (unpaired) electrons. The molecular weight excluding hydrogens is 144 g/mol. The van der Waals surface area contributed by atoms with Gasteiger partial charge in [-0.3, -0.25) is 0 Å². The summed E-state index contributed by atoms with van der Waals surface area (Å²) in [5.74, 6) is 0. The summed E-state index contributed by atoms with van der Waals surface area (Å²) in [6.07, 6.45) is 1.75. The van der Waals surface area contributed by atoms with Crippen LogP contribution in [0, 0.1) is 0 Å². The molecule has 1 heterocycles. The van der Waals surface area contributed by atoms with Crippen molar-refractivity contribution in [3.8, 4) is 0 Å². The van der Waals surface area contributed by atoms with Gasteiger partial charge in [-0.1, -0.05) is 6.08 Å². The lowest BCUT2D eigenvalue weighted by atomic mass is 10.4. The zero-order valence-corrected chi connectivity index (χ0v) is 6.79. The topological polar surface area (TPSA) is 27.7 Å². The Morgan fingerprint density at radius 1 is 1.73 bits per heavy atom. The van der Waals surface area contributed by atoms with Crippen molar-refractivity contribution in [1.29, 1.82) is 0 Å². The third kappa shape index (κ3) is 3.01. The maximum atomic E-state index is 5.33. The van der Waals surface area contributed by atoms with Gasteiger partial charge in [-0.05, 0) is 6.92 Å². The molecule has 3 heteroatoms. The highest BCUT2D eigenvalue weighted by Crippen LogP contribution is 2.10. The van der Waals surface area contributed by atoms with Crippen LogP contribution in [0.1, 0.15) is 6.92 Å². The van der Waals surface area contributed by atoms with Crippen molar-refractivity contribution in [1.82, 2.24) is 0 Å². The van der Waals surface area contributed by atoms with Gasteiger partial charge in [-0.15, -0.1) is 6.58 Å². The molecule has 0 aromatic rings. The Hall–Kier alpha value is -0.380. The molecule has 11 heavy (non-hydrogen) atoms. The highest BCUT2D eigenvalue weighted by atomic mass is 16.7. The Morgan fingerprint density at radius 2 is 2.55 bits per heavy atom. The van der Waals surface area contributed by atoms with Crippen LogP contribution in [0.5, 0.6) is 0 Å². The minimum atomic E-state index is -0.0765. The normalized spacial score (nSPS) is 30.6. The van der Waals surface area contributed by atoms with Crippen LogP contribution in [0.15, 0.2) is 12.7 Å². The molecule has 3 nitrogen and oxygen atoms in total. The maximum Gasteiger partial charge on any atom is 0.155 e. The van der Waals surface area contributed by atoms with Crippen LogP contribution in [0.4, 0.5) is 0 Å². The molecule has 1 fully saturated rings. The van der Waals surface area contributed by atoms with Crippen molar-refractivity contribution in [3.05, 3.63) is 12.7 Å². The Balaban J connectivity index is 2.03. The zero-order valence-electron chi connectivity index (χ0n) is 6.79. The van der Waals surface area contributed by atoms with Crippen LogP contribution < -0.4 is 0 Å². The first-order valence-corrected chi connectivity index (χ1v) is 3.78. The predicted octanol–water partition coefficient (Wildman–Crippen LogP) is 0.950. The fourth-order valence-corrected chi connectivity index (χ4v) is 0.963. The molecule has 1 saturated heterocycles. The summed E-state index contributed by atoms with van der Waals surface area (Å²) >= 11 is 0. The van der Waals surface area contributed by atoms with Gasteiger partial charge in [-0.25, -0.2) is 0 Å². The van der Waals surface area contributed by atoms with Gasteiger partial charge in [0.05, 0.1) is 19.8 Å². The van der Waals surface area contributed by atoms with Gasteiger partial charge in [0.2, 0.25) is 0 Å². The molecule has 0 aromatic heterocycles. The SMILES string of the molecule is C=CCOCC1CO[C@H](C)O1. The summed E-state index contributed by atoms with van der Waals surface area (Å²) in [5, 5.41) is 0. The van der Waals surface area contributed by atoms with E-state index in [1.807, 2.05) is 6.92 Å². The molecule has 1 aliphatic rings. The first kappa shape index (κ1) is 8.71. The minimum absolute atomic E-state index is 0.0765. The van der Waals surface area contributed by atoms with Crippen molar-refractivity contribution >= 4 is 0 Å². The number of hydrogen-bond donors (Lipinski definition) is 0. The summed E-state index contributed by atoms with van der Waals surface area (Å²) in [6.45, 7) is 7.23. The highest BCUT2D eigenvalue weighted by Gasteiger charge is 2.21. The molecule has 64 valence electrons. The van der Waals surface area contributed by atoms with E-state index in [0.29, 0.717) is 19.8 Å². The molecule has 0 aliphatic carbocycles. The van der Waals surface area contributed by atoms with Gasteiger partial charge in [-0.2, -0.15) is 0 Å². The quantitative estimate of drug-likeness (QED) is 0.450. The van der Waals surface area contributed by atoms with Gasteiger partial charge in [0.15, 0.2) is 6.29 Å². The highest BCUT2D eigenvalue weighted by molar-refractivity contribution is 4.66. The summed E-state index contributed by atoms with van der Waals surface area (Å²) in [5.41, 5.74) is 0. The standard InChI is InChI=1S/C8H14O3/c1-3-4-9-5-8-6-10-7(2)11-8/h3,7-8H,1,4-6H2,2H3/t7-,8?/m0/s1.